The molecule has 1 amide bonds. The number of nitrogens with zero attached hydrogens (tertiary/aromatic N) is 3. The average Bonchev–Trinajstić information content (AvgIpc) is 3.14. The van der Waals surface area contributed by atoms with E-state index in [9.17, 15) is 14.0 Å². The average molecular weight is 464 g/mol. The standard InChI is InChI=1S/C27H30FN3O3/c1-20-18-25(21(2)31(20)23-10-8-22(28)9-11-23)26(32)19-29-13-15-30(16-14-29)27(33)12-17-34-24-6-4-3-5-7-24/h3-11,18H,12-17,19H2,1-2H3. The monoisotopic (exact) mass is 463 g/mol. The van der Waals surface area contributed by atoms with Gasteiger partial charge < -0.3 is 14.2 Å². The Morgan fingerprint density at radius 1 is 0.941 bits per heavy atom. The number of carbonyl (C=O) groups is 2. The Morgan fingerprint density at radius 3 is 2.29 bits per heavy atom. The summed E-state index contributed by atoms with van der Waals surface area (Å²) in [7, 11) is 0. The molecule has 0 atom stereocenters. The number of halogens is 1. The molecule has 1 saturated heterocycles. The Bertz CT molecular complexity index is 1130. The number of amides is 1. The highest BCUT2D eigenvalue weighted by atomic mass is 19.1. The van der Waals surface area contributed by atoms with Crippen molar-refractivity contribution < 1.29 is 18.7 Å². The van der Waals surface area contributed by atoms with Crippen LogP contribution in [0, 0.1) is 19.7 Å². The van der Waals surface area contributed by atoms with Gasteiger partial charge in [-0.25, -0.2) is 4.39 Å². The van der Waals surface area contributed by atoms with Crippen LogP contribution < -0.4 is 4.74 Å². The second kappa shape index (κ2) is 10.7. The molecule has 1 aliphatic heterocycles. The first-order chi connectivity index (χ1) is 16.4. The molecule has 0 saturated carbocycles. The van der Waals surface area contributed by atoms with Gasteiger partial charge in [0.1, 0.15) is 11.6 Å². The van der Waals surface area contributed by atoms with Gasteiger partial charge in [-0.15, -0.1) is 0 Å². The van der Waals surface area contributed by atoms with Crippen molar-refractivity contribution in [3.8, 4) is 11.4 Å². The van der Waals surface area contributed by atoms with Crippen LogP contribution in [-0.2, 0) is 4.79 Å². The van der Waals surface area contributed by atoms with E-state index in [0.29, 0.717) is 51.3 Å². The van der Waals surface area contributed by atoms with Crippen LogP contribution in [0.3, 0.4) is 0 Å². The lowest BCUT2D eigenvalue weighted by Crippen LogP contribution is -2.50. The van der Waals surface area contributed by atoms with Crippen molar-refractivity contribution in [1.82, 2.24) is 14.4 Å². The highest BCUT2D eigenvalue weighted by Gasteiger charge is 2.24. The molecule has 1 fully saturated rings. The maximum atomic E-state index is 13.3. The summed E-state index contributed by atoms with van der Waals surface area (Å²) < 4.78 is 20.9. The maximum Gasteiger partial charge on any atom is 0.226 e. The van der Waals surface area contributed by atoms with Gasteiger partial charge in [0.2, 0.25) is 5.91 Å². The molecule has 0 spiro atoms. The maximum absolute atomic E-state index is 13.3. The summed E-state index contributed by atoms with van der Waals surface area (Å²) in [4.78, 5) is 29.5. The molecule has 7 heteroatoms. The van der Waals surface area contributed by atoms with Crippen LogP contribution in [0.1, 0.15) is 28.2 Å². The molecular formula is C27H30FN3O3. The summed E-state index contributed by atoms with van der Waals surface area (Å²) in [5.74, 6) is 0.600. The lowest BCUT2D eigenvalue weighted by atomic mass is 10.1. The number of benzene rings is 2. The lowest BCUT2D eigenvalue weighted by molar-refractivity contribution is -0.133. The Hall–Kier alpha value is -3.45. The number of aromatic nitrogens is 1. The normalized spacial score (nSPS) is 14.3. The molecule has 2 heterocycles. The third-order valence-corrected chi connectivity index (χ3v) is 6.24. The molecule has 1 aliphatic rings. The molecule has 2 aromatic carbocycles. The van der Waals surface area contributed by atoms with E-state index in [1.807, 2.05) is 59.7 Å². The number of hydrogen-bond donors (Lipinski definition) is 0. The molecule has 4 rings (SSSR count). The van der Waals surface area contributed by atoms with E-state index in [1.165, 1.54) is 12.1 Å². The van der Waals surface area contributed by atoms with E-state index in [0.717, 1.165) is 22.8 Å². The number of ether oxygens (including phenoxy) is 1. The second-order valence-corrected chi connectivity index (χ2v) is 8.59. The minimum Gasteiger partial charge on any atom is -0.493 e. The van der Waals surface area contributed by atoms with Gasteiger partial charge in [-0.3, -0.25) is 14.5 Å². The first-order valence-electron chi connectivity index (χ1n) is 11.6. The zero-order valence-electron chi connectivity index (χ0n) is 19.7. The van der Waals surface area contributed by atoms with E-state index in [-0.39, 0.29) is 17.5 Å². The first-order valence-corrected chi connectivity index (χ1v) is 11.6. The molecule has 0 bridgehead atoms. The number of para-hydroxylation sites is 1. The first kappa shape index (κ1) is 23.7. The van der Waals surface area contributed by atoms with Crippen molar-refractivity contribution in [2.75, 3.05) is 39.3 Å². The number of aryl methyl sites for hydroxylation is 1. The highest BCUT2D eigenvalue weighted by Crippen LogP contribution is 2.22. The van der Waals surface area contributed by atoms with Crippen molar-refractivity contribution in [3.63, 3.8) is 0 Å². The Balaban J connectivity index is 1.28. The van der Waals surface area contributed by atoms with Crippen LogP contribution in [-0.4, -0.2) is 65.4 Å². The van der Waals surface area contributed by atoms with Crippen molar-refractivity contribution in [2.45, 2.75) is 20.3 Å². The van der Waals surface area contributed by atoms with Gasteiger partial charge in [0.15, 0.2) is 5.78 Å². The SMILES string of the molecule is Cc1cc(C(=O)CN2CCN(C(=O)CCOc3ccccc3)CC2)c(C)n1-c1ccc(F)cc1. The predicted octanol–water partition coefficient (Wildman–Crippen LogP) is 4.03. The van der Waals surface area contributed by atoms with Crippen LogP contribution in [0.25, 0.3) is 5.69 Å². The minimum atomic E-state index is -0.288. The number of carbonyl (C=O) groups excluding carboxylic acids is 2. The summed E-state index contributed by atoms with van der Waals surface area (Å²) in [5, 5.41) is 0. The van der Waals surface area contributed by atoms with E-state index in [2.05, 4.69) is 4.90 Å². The van der Waals surface area contributed by atoms with Gasteiger partial charge in [-0.05, 0) is 56.3 Å². The third kappa shape index (κ3) is 5.54. The van der Waals surface area contributed by atoms with Gasteiger partial charge in [-0.1, -0.05) is 18.2 Å². The quantitative estimate of drug-likeness (QED) is 0.474. The van der Waals surface area contributed by atoms with Crippen LogP contribution in [0.4, 0.5) is 4.39 Å². The molecule has 1 aromatic heterocycles. The van der Waals surface area contributed by atoms with Crippen LogP contribution in [0.5, 0.6) is 5.75 Å². The summed E-state index contributed by atoms with van der Waals surface area (Å²) in [5.41, 5.74) is 3.29. The van der Waals surface area contributed by atoms with Gasteiger partial charge in [0, 0.05) is 48.8 Å². The molecule has 0 radical (unpaired) electrons. The fourth-order valence-corrected chi connectivity index (χ4v) is 4.41. The molecular weight excluding hydrogens is 433 g/mol. The number of Topliss-reactive ketones (excluding diaryl/α,β-unsaturated/α-hetero) is 1. The van der Waals surface area contributed by atoms with E-state index >= 15 is 0 Å². The van der Waals surface area contributed by atoms with Crippen LogP contribution in [0.2, 0.25) is 0 Å². The van der Waals surface area contributed by atoms with E-state index in [1.54, 1.807) is 12.1 Å². The van der Waals surface area contributed by atoms with Crippen LogP contribution in [0.15, 0.2) is 60.7 Å². The Kier molecular flexibility index (Phi) is 7.43. The molecule has 0 aliphatic carbocycles. The van der Waals surface area contributed by atoms with Gasteiger partial charge in [0.05, 0.1) is 19.6 Å². The number of rotatable bonds is 8. The van der Waals surface area contributed by atoms with E-state index in [4.69, 9.17) is 4.74 Å². The Morgan fingerprint density at radius 2 is 1.62 bits per heavy atom. The summed E-state index contributed by atoms with van der Waals surface area (Å²) in [6.07, 6.45) is 0.337. The van der Waals surface area contributed by atoms with Gasteiger partial charge >= 0.3 is 0 Å². The Labute approximate surface area is 199 Å². The van der Waals surface area contributed by atoms with Gasteiger partial charge in [0.25, 0.3) is 0 Å². The molecule has 3 aromatic rings. The lowest BCUT2D eigenvalue weighted by Gasteiger charge is -2.34. The van der Waals surface area contributed by atoms with Gasteiger partial charge in [-0.2, -0.15) is 0 Å². The third-order valence-electron chi connectivity index (χ3n) is 6.24. The predicted molar refractivity (Wildman–Crippen MR) is 129 cm³/mol. The van der Waals surface area contributed by atoms with Crippen LogP contribution >= 0.6 is 0 Å². The van der Waals surface area contributed by atoms with Crippen molar-refractivity contribution >= 4 is 11.7 Å². The van der Waals surface area contributed by atoms with Crippen molar-refractivity contribution in [3.05, 3.63) is 83.4 Å². The zero-order valence-corrected chi connectivity index (χ0v) is 19.7. The minimum absolute atomic E-state index is 0.0532. The molecule has 0 unspecified atom stereocenters. The fraction of sp³-hybridized carbons (Fsp3) is 0.333. The van der Waals surface area contributed by atoms with E-state index < -0.39 is 0 Å². The topological polar surface area (TPSA) is 54.8 Å². The number of piperazine rings is 1. The summed E-state index contributed by atoms with van der Waals surface area (Å²) >= 11 is 0. The molecule has 0 N–H and O–H groups in total. The number of hydrogen-bond acceptors (Lipinski definition) is 4. The number of ketones is 1. The smallest absolute Gasteiger partial charge is 0.226 e. The largest absolute Gasteiger partial charge is 0.493 e. The summed E-state index contributed by atoms with van der Waals surface area (Å²) in [6.45, 7) is 7.05. The van der Waals surface area contributed by atoms with Crippen molar-refractivity contribution in [2.24, 2.45) is 0 Å². The molecule has 178 valence electrons. The second-order valence-electron chi connectivity index (χ2n) is 8.59. The summed E-state index contributed by atoms with van der Waals surface area (Å²) in [6, 6.07) is 17.6. The van der Waals surface area contributed by atoms with Crippen molar-refractivity contribution in [1.29, 1.82) is 0 Å². The molecule has 34 heavy (non-hydrogen) atoms. The highest BCUT2D eigenvalue weighted by molar-refractivity contribution is 5.99. The molecule has 6 nitrogen and oxygen atoms in total. The fourth-order valence-electron chi connectivity index (χ4n) is 4.41. The zero-order chi connectivity index (χ0) is 24.1.